The molecule has 0 unspecified atom stereocenters. The first-order valence-corrected chi connectivity index (χ1v) is 8.97. The number of fused-ring (bicyclic) bond motifs is 1. The van der Waals surface area contributed by atoms with Gasteiger partial charge in [-0.1, -0.05) is 6.07 Å². The molecule has 0 radical (unpaired) electrons. The molecule has 5 nitrogen and oxygen atoms in total. The van der Waals surface area contributed by atoms with Crippen LogP contribution >= 0.6 is 12.2 Å². The van der Waals surface area contributed by atoms with E-state index in [1.807, 2.05) is 26.1 Å². The lowest BCUT2D eigenvalue weighted by atomic mass is 10.0. The fourth-order valence-electron chi connectivity index (χ4n) is 3.03. The Morgan fingerprint density at radius 3 is 2.56 bits per heavy atom. The van der Waals surface area contributed by atoms with Gasteiger partial charge in [-0.2, -0.15) is 0 Å². The maximum atomic E-state index is 12.5. The smallest absolute Gasteiger partial charge is 0.253 e. The zero-order chi connectivity index (χ0) is 18.6. The Morgan fingerprint density at radius 2 is 1.92 bits per heavy atom. The quantitative estimate of drug-likeness (QED) is 0.775. The molecule has 0 saturated carbocycles. The zero-order valence-electron chi connectivity index (χ0n) is 15.8. The van der Waals surface area contributed by atoms with Gasteiger partial charge in [0.25, 0.3) is 5.56 Å². The Balaban J connectivity index is 2.30. The molecule has 0 aliphatic rings. The molecule has 0 aliphatic heterocycles. The number of hydrogen-bond donors (Lipinski definition) is 2. The molecule has 0 aliphatic carbocycles. The van der Waals surface area contributed by atoms with E-state index in [0.29, 0.717) is 11.7 Å². The molecule has 0 amide bonds. The Hall–Kier alpha value is -1.92. The van der Waals surface area contributed by atoms with E-state index < -0.39 is 0 Å². The third-order valence-electron chi connectivity index (χ3n) is 4.29. The van der Waals surface area contributed by atoms with Gasteiger partial charge in [0.2, 0.25) is 0 Å². The molecule has 25 heavy (non-hydrogen) atoms. The average molecular weight is 361 g/mol. The summed E-state index contributed by atoms with van der Waals surface area (Å²) in [6.07, 6.45) is 0.985. The summed E-state index contributed by atoms with van der Waals surface area (Å²) in [6.45, 7) is 6.41. The van der Waals surface area contributed by atoms with Gasteiger partial charge in [0, 0.05) is 30.1 Å². The summed E-state index contributed by atoms with van der Waals surface area (Å²) in [5, 5.41) is 4.78. The second-order valence-corrected chi connectivity index (χ2v) is 7.19. The monoisotopic (exact) mass is 360 g/mol. The van der Waals surface area contributed by atoms with Crippen LogP contribution in [0.15, 0.2) is 23.0 Å². The Morgan fingerprint density at radius 1 is 1.20 bits per heavy atom. The van der Waals surface area contributed by atoms with Crippen molar-refractivity contribution in [2.75, 3.05) is 34.2 Å². The highest BCUT2D eigenvalue weighted by atomic mass is 32.1. The number of aromatic amines is 1. The van der Waals surface area contributed by atoms with Crippen LogP contribution < -0.4 is 10.9 Å². The number of rotatable bonds is 6. The number of nitrogens with one attached hydrogen (secondary N) is 2. The number of aromatic nitrogens is 1. The highest BCUT2D eigenvalue weighted by Crippen LogP contribution is 2.19. The summed E-state index contributed by atoms with van der Waals surface area (Å²) in [6, 6.07) is 6.15. The van der Waals surface area contributed by atoms with Crippen LogP contribution in [0.4, 0.5) is 0 Å². The number of benzene rings is 1. The van der Waals surface area contributed by atoms with Crippen LogP contribution in [0.5, 0.6) is 0 Å². The fraction of sp³-hybridized carbons (Fsp3) is 0.474. The van der Waals surface area contributed by atoms with E-state index in [4.69, 9.17) is 12.2 Å². The van der Waals surface area contributed by atoms with Gasteiger partial charge in [0.15, 0.2) is 5.11 Å². The summed E-state index contributed by atoms with van der Waals surface area (Å²) >= 11 is 5.43. The molecule has 1 heterocycles. The summed E-state index contributed by atoms with van der Waals surface area (Å²) in [5.41, 5.74) is 3.90. The van der Waals surface area contributed by atoms with Crippen LogP contribution in [-0.2, 0) is 6.54 Å². The molecule has 0 atom stereocenters. The highest BCUT2D eigenvalue weighted by Gasteiger charge is 2.13. The van der Waals surface area contributed by atoms with E-state index in [1.165, 1.54) is 5.56 Å². The van der Waals surface area contributed by atoms with Gasteiger partial charge in [-0.25, -0.2) is 0 Å². The van der Waals surface area contributed by atoms with E-state index in [2.05, 4.69) is 47.2 Å². The summed E-state index contributed by atoms with van der Waals surface area (Å²) in [7, 11) is 5.93. The summed E-state index contributed by atoms with van der Waals surface area (Å²) < 4.78 is 0. The van der Waals surface area contributed by atoms with E-state index in [9.17, 15) is 4.79 Å². The summed E-state index contributed by atoms with van der Waals surface area (Å²) in [4.78, 5) is 19.8. The van der Waals surface area contributed by atoms with Crippen molar-refractivity contribution in [2.45, 2.75) is 26.8 Å². The average Bonchev–Trinajstić information content (AvgIpc) is 2.53. The molecule has 0 bridgehead atoms. The normalized spacial score (nSPS) is 11.1. The molecule has 6 heteroatoms. The number of aryl methyl sites for hydroxylation is 2. The molecular weight excluding hydrogens is 332 g/mol. The van der Waals surface area contributed by atoms with E-state index in [-0.39, 0.29) is 5.56 Å². The first-order valence-electron chi connectivity index (χ1n) is 8.56. The Bertz CT molecular complexity index is 813. The number of thiocarbonyl (C=S) groups is 1. The molecule has 1 aromatic heterocycles. The number of pyridine rings is 1. The molecule has 2 rings (SSSR count). The van der Waals surface area contributed by atoms with Gasteiger partial charge < -0.3 is 20.1 Å². The van der Waals surface area contributed by atoms with E-state index >= 15 is 0 Å². The van der Waals surface area contributed by atoms with Crippen molar-refractivity contribution in [1.82, 2.24) is 20.1 Å². The van der Waals surface area contributed by atoms with Crippen molar-refractivity contribution in [2.24, 2.45) is 0 Å². The first-order chi connectivity index (χ1) is 11.8. The van der Waals surface area contributed by atoms with Gasteiger partial charge in [0.1, 0.15) is 0 Å². The standard InChI is InChI=1S/C19H28N4OS/c1-13-9-14(2)16-11-15(18(24)21-17(16)10-13)12-23(19(25)20-3)8-6-7-22(4)5/h9-11H,6-8,12H2,1-5H3,(H,20,25)(H,21,24). The van der Waals surface area contributed by atoms with Crippen molar-refractivity contribution < 1.29 is 0 Å². The fourth-order valence-corrected chi connectivity index (χ4v) is 3.18. The van der Waals surface area contributed by atoms with Crippen molar-refractivity contribution in [3.05, 3.63) is 45.2 Å². The lowest BCUT2D eigenvalue weighted by molar-refractivity contribution is 0.342. The zero-order valence-corrected chi connectivity index (χ0v) is 16.6. The SMILES string of the molecule is CNC(=S)N(CCCN(C)C)Cc1cc2c(C)cc(C)cc2[nH]c1=O. The minimum Gasteiger partial charge on any atom is -0.366 e. The molecule has 0 fully saturated rings. The maximum absolute atomic E-state index is 12.5. The van der Waals surface area contributed by atoms with Gasteiger partial charge in [-0.05, 0) is 76.4 Å². The molecule has 2 N–H and O–H groups in total. The molecule has 0 saturated heterocycles. The highest BCUT2D eigenvalue weighted by molar-refractivity contribution is 7.80. The van der Waals surface area contributed by atoms with Gasteiger partial charge in [-0.15, -0.1) is 0 Å². The second kappa shape index (κ2) is 8.45. The predicted octanol–water partition coefficient (Wildman–Crippen LogP) is 2.40. The maximum Gasteiger partial charge on any atom is 0.253 e. The second-order valence-electron chi connectivity index (χ2n) is 6.80. The predicted molar refractivity (Wildman–Crippen MR) is 109 cm³/mol. The van der Waals surface area contributed by atoms with Crippen LogP contribution in [0, 0.1) is 13.8 Å². The Labute approximate surface area is 155 Å². The number of hydrogen-bond acceptors (Lipinski definition) is 3. The van der Waals surface area contributed by atoms with E-state index in [1.54, 1.807) is 0 Å². The van der Waals surface area contributed by atoms with Crippen molar-refractivity contribution in [3.8, 4) is 0 Å². The lowest BCUT2D eigenvalue weighted by Gasteiger charge is -2.25. The van der Waals surface area contributed by atoms with Gasteiger partial charge >= 0.3 is 0 Å². The molecular formula is C19H28N4OS. The van der Waals surface area contributed by atoms with Crippen molar-refractivity contribution >= 4 is 28.2 Å². The van der Waals surface area contributed by atoms with Gasteiger partial charge in [-0.3, -0.25) is 4.79 Å². The summed E-state index contributed by atoms with van der Waals surface area (Å²) in [5.74, 6) is 0. The third-order valence-corrected chi connectivity index (χ3v) is 4.75. The first kappa shape index (κ1) is 19.4. The van der Waals surface area contributed by atoms with Crippen LogP contribution in [0.1, 0.15) is 23.1 Å². The van der Waals surface area contributed by atoms with Crippen LogP contribution in [0.3, 0.4) is 0 Å². The number of nitrogens with zero attached hydrogens (tertiary/aromatic N) is 2. The molecule has 136 valence electrons. The van der Waals surface area contributed by atoms with E-state index in [0.717, 1.165) is 41.5 Å². The van der Waals surface area contributed by atoms with Crippen LogP contribution in [0.25, 0.3) is 10.9 Å². The van der Waals surface area contributed by atoms with Crippen molar-refractivity contribution in [1.29, 1.82) is 0 Å². The van der Waals surface area contributed by atoms with Crippen LogP contribution in [-0.4, -0.2) is 54.1 Å². The lowest BCUT2D eigenvalue weighted by Crippen LogP contribution is -2.40. The topological polar surface area (TPSA) is 51.4 Å². The minimum absolute atomic E-state index is 0.0472. The largest absolute Gasteiger partial charge is 0.366 e. The van der Waals surface area contributed by atoms with Gasteiger partial charge in [0.05, 0.1) is 6.54 Å². The molecule has 0 spiro atoms. The minimum atomic E-state index is -0.0472. The Kier molecular flexibility index (Phi) is 6.56. The van der Waals surface area contributed by atoms with Crippen LogP contribution in [0.2, 0.25) is 0 Å². The number of H-pyrrole nitrogens is 1. The molecule has 2 aromatic rings. The van der Waals surface area contributed by atoms with Crippen molar-refractivity contribution in [3.63, 3.8) is 0 Å². The third kappa shape index (κ3) is 5.03. The molecule has 1 aromatic carbocycles.